The fourth-order valence-electron chi connectivity index (χ4n) is 0.750. The molecule has 1 unspecified atom stereocenters. The number of methoxy groups -OCH3 is 1. The molecule has 2 amide bonds. The van der Waals surface area contributed by atoms with Gasteiger partial charge in [-0.05, 0) is 0 Å². The average Bonchev–Trinajstić information content (AvgIpc) is 2.20. The van der Waals surface area contributed by atoms with Crippen LogP contribution in [0.1, 0.15) is 0 Å². The highest BCUT2D eigenvalue weighted by atomic mass is 16.5. The van der Waals surface area contributed by atoms with Crippen LogP contribution >= 0.6 is 0 Å². The first kappa shape index (κ1) is 13.8. The van der Waals surface area contributed by atoms with Crippen LogP contribution in [0.5, 0.6) is 0 Å². The van der Waals surface area contributed by atoms with Crippen LogP contribution in [-0.2, 0) is 14.3 Å². The van der Waals surface area contributed by atoms with Crippen molar-refractivity contribution in [2.75, 3.05) is 33.4 Å². The molecule has 0 rings (SSSR count). The normalized spacial score (nSPS) is 12.1. The van der Waals surface area contributed by atoms with E-state index in [1.54, 1.807) is 7.11 Å². The highest BCUT2D eigenvalue weighted by molar-refractivity contribution is 5.81. The monoisotopic (exact) mass is 219 g/mol. The Morgan fingerprint density at radius 1 is 1.53 bits per heavy atom. The molecule has 0 aliphatic heterocycles. The summed E-state index contributed by atoms with van der Waals surface area (Å²) in [6.07, 6.45) is -1.34. The van der Waals surface area contributed by atoms with E-state index in [2.05, 4.69) is 10.6 Å². The average molecular weight is 219 g/mol. The maximum Gasteiger partial charge on any atom is 0.248 e. The Bertz CT molecular complexity index is 210. The number of carbonyl (C=O) groups is 2. The van der Waals surface area contributed by atoms with Gasteiger partial charge in [0.05, 0.1) is 19.7 Å². The highest BCUT2D eigenvalue weighted by Gasteiger charge is 2.11. The van der Waals surface area contributed by atoms with E-state index in [-0.39, 0.29) is 19.0 Å². The maximum absolute atomic E-state index is 11.1. The van der Waals surface area contributed by atoms with Gasteiger partial charge < -0.3 is 26.2 Å². The lowest BCUT2D eigenvalue weighted by Crippen LogP contribution is -2.43. The third-order valence-electron chi connectivity index (χ3n) is 1.59. The molecule has 0 aromatic heterocycles. The first-order valence-electron chi connectivity index (χ1n) is 4.51. The van der Waals surface area contributed by atoms with Crippen LogP contribution in [-0.4, -0.2) is 56.4 Å². The molecule has 0 radical (unpaired) electrons. The molecular weight excluding hydrogens is 202 g/mol. The van der Waals surface area contributed by atoms with E-state index in [0.29, 0.717) is 13.2 Å². The van der Waals surface area contributed by atoms with Gasteiger partial charge >= 0.3 is 0 Å². The van der Waals surface area contributed by atoms with E-state index in [0.717, 1.165) is 0 Å². The second-order valence-corrected chi connectivity index (χ2v) is 2.89. The number of carbonyl (C=O) groups excluding carboxylic acids is 2. The molecule has 0 saturated heterocycles. The van der Waals surface area contributed by atoms with E-state index < -0.39 is 12.0 Å². The Morgan fingerprint density at radius 3 is 2.73 bits per heavy atom. The van der Waals surface area contributed by atoms with Gasteiger partial charge in [-0.15, -0.1) is 0 Å². The second kappa shape index (κ2) is 8.16. The Kier molecular flexibility index (Phi) is 7.51. The molecule has 15 heavy (non-hydrogen) atoms. The van der Waals surface area contributed by atoms with Gasteiger partial charge in [0.15, 0.2) is 0 Å². The van der Waals surface area contributed by atoms with Crippen LogP contribution in [0.2, 0.25) is 0 Å². The molecule has 0 fully saturated rings. The molecule has 0 heterocycles. The topological polar surface area (TPSA) is 114 Å². The molecule has 0 bridgehead atoms. The van der Waals surface area contributed by atoms with Gasteiger partial charge in [-0.3, -0.25) is 9.59 Å². The minimum atomic E-state index is -1.34. The van der Waals surface area contributed by atoms with Crippen molar-refractivity contribution in [3.63, 3.8) is 0 Å². The van der Waals surface area contributed by atoms with E-state index >= 15 is 0 Å². The third-order valence-corrected chi connectivity index (χ3v) is 1.59. The Morgan fingerprint density at radius 2 is 2.20 bits per heavy atom. The van der Waals surface area contributed by atoms with Crippen LogP contribution in [0.15, 0.2) is 0 Å². The molecule has 1 atom stereocenters. The summed E-state index contributed by atoms with van der Waals surface area (Å²) < 4.78 is 4.76. The van der Waals surface area contributed by atoms with Crippen LogP contribution in [0.4, 0.5) is 0 Å². The van der Waals surface area contributed by atoms with Gasteiger partial charge in [0.1, 0.15) is 6.10 Å². The number of nitrogens with two attached hydrogens (primary N) is 1. The van der Waals surface area contributed by atoms with Crippen molar-refractivity contribution in [3.05, 3.63) is 0 Å². The molecule has 0 aromatic carbocycles. The van der Waals surface area contributed by atoms with E-state index in [4.69, 9.17) is 15.6 Å². The van der Waals surface area contributed by atoms with Crippen molar-refractivity contribution in [2.24, 2.45) is 5.73 Å². The van der Waals surface area contributed by atoms with Gasteiger partial charge in [0, 0.05) is 13.7 Å². The predicted molar refractivity (Wildman–Crippen MR) is 53.0 cm³/mol. The highest BCUT2D eigenvalue weighted by Crippen LogP contribution is 1.77. The number of primary amides is 1. The lowest BCUT2D eigenvalue weighted by molar-refractivity contribution is -0.126. The number of nitrogens with one attached hydrogen (secondary N) is 2. The van der Waals surface area contributed by atoms with Crippen molar-refractivity contribution in [1.29, 1.82) is 0 Å². The first-order valence-corrected chi connectivity index (χ1v) is 4.51. The minimum Gasteiger partial charge on any atom is -0.383 e. The van der Waals surface area contributed by atoms with Crippen molar-refractivity contribution in [1.82, 2.24) is 10.6 Å². The van der Waals surface area contributed by atoms with Crippen LogP contribution in [0.25, 0.3) is 0 Å². The zero-order valence-corrected chi connectivity index (χ0v) is 8.66. The summed E-state index contributed by atoms with van der Waals surface area (Å²) in [5.41, 5.74) is 4.79. The summed E-state index contributed by atoms with van der Waals surface area (Å²) in [4.78, 5) is 21.5. The largest absolute Gasteiger partial charge is 0.383 e. The smallest absolute Gasteiger partial charge is 0.248 e. The summed E-state index contributed by atoms with van der Waals surface area (Å²) in [5, 5.41) is 14.1. The summed E-state index contributed by atoms with van der Waals surface area (Å²) >= 11 is 0. The van der Waals surface area contributed by atoms with Crippen LogP contribution < -0.4 is 16.4 Å². The lowest BCUT2D eigenvalue weighted by Gasteiger charge is -2.08. The molecule has 0 aromatic rings. The Hall–Kier alpha value is -1.18. The molecule has 7 heteroatoms. The number of rotatable bonds is 8. The van der Waals surface area contributed by atoms with Gasteiger partial charge in [0.25, 0.3) is 0 Å². The van der Waals surface area contributed by atoms with Crippen molar-refractivity contribution in [3.8, 4) is 0 Å². The minimum absolute atomic E-state index is 0.106. The Balaban J connectivity index is 3.45. The molecule has 88 valence electrons. The lowest BCUT2D eigenvalue weighted by atomic mass is 10.3. The SMILES string of the molecule is COCCNCC(=O)NCC(O)C(N)=O. The molecule has 0 aliphatic rings. The molecule has 0 aliphatic carbocycles. The second-order valence-electron chi connectivity index (χ2n) is 2.89. The fraction of sp³-hybridized carbons (Fsp3) is 0.750. The van der Waals surface area contributed by atoms with Crippen LogP contribution in [0, 0.1) is 0 Å². The number of ether oxygens (including phenoxy) is 1. The fourth-order valence-corrected chi connectivity index (χ4v) is 0.750. The number of hydrogen-bond acceptors (Lipinski definition) is 5. The van der Waals surface area contributed by atoms with Gasteiger partial charge in [0.2, 0.25) is 11.8 Å². The van der Waals surface area contributed by atoms with Crippen molar-refractivity contribution >= 4 is 11.8 Å². The number of aliphatic hydroxyl groups is 1. The molecular formula is C8H17N3O4. The molecule has 7 nitrogen and oxygen atoms in total. The quantitative estimate of drug-likeness (QED) is 0.329. The van der Waals surface area contributed by atoms with Gasteiger partial charge in [-0.2, -0.15) is 0 Å². The third kappa shape index (κ3) is 7.86. The first-order chi connectivity index (χ1) is 7.07. The van der Waals surface area contributed by atoms with E-state index in [9.17, 15) is 9.59 Å². The molecule has 0 saturated carbocycles. The molecule has 5 N–H and O–H groups in total. The number of aliphatic hydroxyl groups excluding tert-OH is 1. The zero-order valence-electron chi connectivity index (χ0n) is 8.66. The zero-order chi connectivity index (χ0) is 11.7. The standard InChI is InChI=1S/C8H17N3O4/c1-15-3-2-10-5-7(13)11-4-6(12)8(9)14/h6,10,12H,2-5H2,1H3,(H2,9,14)(H,11,13). The Labute approximate surface area is 88.0 Å². The summed E-state index contributed by atoms with van der Waals surface area (Å²) in [7, 11) is 1.56. The van der Waals surface area contributed by atoms with Crippen molar-refractivity contribution in [2.45, 2.75) is 6.10 Å². The number of amides is 2. The summed E-state index contributed by atoms with van der Waals surface area (Å²) in [6, 6.07) is 0. The van der Waals surface area contributed by atoms with Gasteiger partial charge in [-0.1, -0.05) is 0 Å². The summed E-state index contributed by atoms with van der Waals surface area (Å²) in [5.74, 6) is -1.17. The van der Waals surface area contributed by atoms with Crippen molar-refractivity contribution < 1.29 is 19.4 Å². The number of hydrogen-bond donors (Lipinski definition) is 4. The molecule has 0 spiro atoms. The van der Waals surface area contributed by atoms with Crippen LogP contribution in [0.3, 0.4) is 0 Å². The summed E-state index contributed by atoms with van der Waals surface area (Å²) in [6.45, 7) is 1.01. The van der Waals surface area contributed by atoms with E-state index in [1.165, 1.54) is 0 Å². The van der Waals surface area contributed by atoms with E-state index in [1.807, 2.05) is 0 Å². The van der Waals surface area contributed by atoms with Gasteiger partial charge in [-0.25, -0.2) is 0 Å². The predicted octanol–water partition coefficient (Wildman–Crippen LogP) is -2.82. The maximum atomic E-state index is 11.1.